The first kappa shape index (κ1) is 12.5. The van der Waals surface area contributed by atoms with Crippen LogP contribution in [0.3, 0.4) is 0 Å². The normalized spacial score (nSPS) is 10.6. The van der Waals surface area contributed by atoms with E-state index in [-0.39, 0.29) is 6.01 Å². The molecule has 1 heterocycles. The van der Waals surface area contributed by atoms with Crippen LogP contribution in [0.2, 0.25) is 0 Å². The lowest BCUT2D eigenvalue weighted by atomic mass is 10.0. The fourth-order valence-electron chi connectivity index (χ4n) is 1.98. The van der Waals surface area contributed by atoms with Gasteiger partial charge in [0, 0.05) is 12.0 Å². The maximum absolute atomic E-state index is 5.55. The summed E-state index contributed by atoms with van der Waals surface area (Å²) in [6.07, 6.45) is 1.67. The number of nitrogens with zero attached hydrogens (tertiary/aromatic N) is 1. The molecule has 1 aromatic carbocycles. The van der Waals surface area contributed by atoms with Crippen LogP contribution in [0, 0.1) is 6.92 Å². The summed E-state index contributed by atoms with van der Waals surface area (Å²) in [6, 6.07) is 6.43. The molecule has 0 saturated heterocycles. The summed E-state index contributed by atoms with van der Waals surface area (Å²) in [5, 5.41) is 0. The van der Waals surface area contributed by atoms with Gasteiger partial charge in [0.1, 0.15) is 11.5 Å². The highest BCUT2D eigenvalue weighted by atomic mass is 16.5. The predicted octanol–water partition coefficient (Wildman–Crippen LogP) is 2.73. The van der Waals surface area contributed by atoms with Crippen molar-refractivity contribution in [2.24, 2.45) is 0 Å². The molecular formula is C14H18N2O2. The Bertz CT molecular complexity index is 547. The number of ether oxygens (including phenoxy) is 1. The molecule has 0 bridgehead atoms. The Morgan fingerprint density at radius 3 is 2.72 bits per heavy atom. The fraction of sp³-hybridized carbons (Fsp3) is 0.357. The Morgan fingerprint density at radius 2 is 2.17 bits per heavy atom. The van der Waals surface area contributed by atoms with E-state index in [2.05, 4.69) is 24.0 Å². The molecule has 18 heavy (non-hydrogen) atoms. The zero-order chi connectivity index (χ0) is 13.1. The van der Waals surface area contributed by atoms with Crippen molar-refractivity contribution in [1.29, 1.82) is 0 Å². The highest BCUT2D eigenvalue weighted by Gasteiger charge is 2.11. The fourth-order valence-corrected chi connectivity index (χ4v) is 1.98. The van der Waals surface area contributed by atoms with E-state index in [1.807, 2.05) is 13.0 Å². The highest BCUT2D eigenvalue weighted by molar-refractivity contribution is 5.40. The Hall–Kier alpha value is -1.97. The van der Waals surface area contributed by atoms with Gasteiger partial charge >= 0.3 is 0 Å². The quantitative estimate of drug-likeness (QED) is 0.901. The number of hydrogen-bond donors (Lipinski definition) is 1. The first-order valence-corrected chi connectivity index (χ1v) is 6.01. The molecule has 0 fully saturated rings. The van der Waals surface area contributed by atoms with Crippen LogP contribution in [-0.2, 0) is 12.8 Å². The number of nitrogens with two attached hydrogens (primary N) is 1. The van der Waals surface area contributed by atoms with E-state index in [0.717, 1.165) is 29.2 Å². The van der Waals surface area contributed by atoms with Gasteiger partial charge in [0.2, 0.25) is 0 Å². The van der Waals surface area contributed by atoms with E-state index in [1.54, 1.807) is 7.11 Å². The van der Waals surface area contributed by atoms with Gasteiger partial charge in [-0.15, -0.1) is 0 Å². The molecule has 0 aliphatic carbocycles. The van der Waals surface area contributed by atoms with Crippen LogP contribution < -0.4 is 10.5 Å². The molecule has 0 aliphatic rings. The zero-order valence-electron chi connectivity index (χ0n) is 11.0. The second-order valence-electron chi connectivity index (χ2n) is 4.23. The minimum Gasteiger partial charge on any atom is -0.496 e. The molecular weight excluding hydrogens is 228 g/mol. The molecule has 1 aromatic heterocycles. The van der Waals surface area contributed by atoms with Crippen LogP contribution in [0.25, 0.3) is 0 Å². The average Bonchev–Trinajstić information content (AvgIpc) is 2.67. The van der Waals surface area contributed by atoms with Crippen molar-refractivity contribution in [1.82, 2.24) is 4.98 Å². The lowest BCUT2D eigenvalue weighted by molar-refractivity contribution is 0.410. The van der Waals surface area contributed by atoms with Gasteiger partial charge in [-0.05, 0) is 25.0 Å². The molecule has 96 valence electrons. The van der Waals surface area contributed by atoms with Crippen molar-refractivity contribution in [3.05, 3.63) is 40.8 Å². The number of hydrogen-bond acceptors (Lipinski definition) is 4. The standard InChI is InChI=1S/C14H18N2O2/c1-4-10-5-6-13(17-3)11(7-10)8-12-9(2)18-14(15)16-12/h5-7H,4,8H2,1-3H3,(H2,15,16). The summed E-state index contributed by atoms with van der Waals surface area (Å²) in [5.74, 6) is 1.63. The van der Waals surface area contributed by atoms with Crippen molar-refractivity contribution in [3.63, 3.8) is 0 Å². The number of anilines is 1. The zero-order valence-corrected chi connectivity index (χ0v) is 11.0. The van der Waals surface area contributed by atoms with Crippen molar-refractivity contribution in [3.8, 4) is 5.75 Å². The molecule has 0 saturated carbocycles. The SMILES string of the molecule is CCc1ccc(OC)c(Cc2nc(N)oc2C)c1. The van der Waals surface area contributed by atoms with E-state index in [4.69, 9.17) is 14.9 Å². The molecule has 2 aromatic rings. The minimum absolute atomic E-state index is 0.216. The second-order valence-corrected chi connectivity index (χ2v) is 4.23. The maximum atomic E-state index is 5.55. The number of aryl methyl sites for hydroxylation is 2. The third kappa shape index (κ3) is 2.47. The Kier molecular flexibility index (Phi) is 3.55. The predicted molar refractivity (Wildman–Crippen MR) is 70.8 cm³/mol. The molecule has 0 amide bonds. The van der Waals surface area contributed by atoms with Crippen LogP contribution in [0.1, 0.15) is 29.5 Å². The molecule has 4 heteroatoms. The van der Waals surface area contributed by atoms with Crippen LogP contribution in [0.4, 0.5) is 6.01 Å². The Balaban J connectivity index is 2.35. The molecule has 0 radical (unpaired) electrons. The summed E-state index contributed by atoms with van der Waals surface area (Å²) in [6.45, 7) is 4.00. The van der Waals surface area contributed by atoms with E-state index in [9.17, 15) is 0 Å². The summed E-state index contributed by atoms with van der Waals surface area (Å²) < 4.78 is 10.6. The Morgan fingerprint density at radius 1 is 1.39 bits per heavy atom. The van der Waals surface area contributed by atoms with Gasteiger partial charge in [-0.1, -0.05) is 19.1 Å². The smallest absolute Gasteiger partial charge is 0.292 e. The van der Waals surface area contributed by atoms with Gasteiger partial charge in [0.15, 0.2) is 0 Å². The molecule has 0 atom stereocenters. The monoisotopic (exact) mass is 246 g/mol. The van der Waals surface area contributed by atoms with E-state index < -0.39 is 0 Å². The third-order valence-electron chi connectivity index (χ3n) is 3.02. The second kappa shape index (κ2) is 5.12. The molecule has 0 aliphatic heterocycles. The van der Waals surface area contributed by atoms with Crippen molar-refractivity contribution >= 4 is 6.01 Å². The lowest BCUT2D eigenvalue weighted by Gasteiger charge is -2.09. The van der Waals surface area contributed by atoms with Crippen LogP contribution >= 0.6 is 0 Å². The topological polar surface area (TPSA) is 61.3 Å². The first-order valence-electron chi connectivity index (χ1n) is 6.01. The highest BCUT2D eigenvalue weighted by Crippen LogP contribution is 2.24. The summed E-state index contributed by atoms with van der Waals surface area (Å²) in [7, 11) is 1.68. The van der Waals surface area contributed by atoms with Crippen LogP contribution in [0.15, 0.2) is 22.6 Å². The minimum atomic E-state index is 0.216. The van der Waals surface area contributed by atoms with Gasteiger partial charge in [-0.3, -0.25) is 0 Å². The lowest BCUT2D eigenvalue weighted by Crippen LogP contribution is -1.97. The molecule has 0 spiro atoms. The number of methoxy groups -OCH3 is 1. The molecule has 4 nitrogen and oxygen atoms in total. The first-order chi connectivity index (χ1) is 8.63. The van der Waals surface area contributed by atoms with E-state index >= 15 is 0 Å². The van der Waals surface area contributed by atoms with Crippen LogP contribution in [-0.4, -0.2) is 12.1 Å². The number of nitrogen functional groups attached to an aromatic ring is 1. The van der Waals surface area contributed by atoms with Gasteiger partial charge in [0.05, 0.1) is 12.8 Å². The molecule has 2 rings (SSSR count). The summed E-state index contributed by atoms with van der Waals surface area (Å²) >= 11 is 0. The number of aromatic nitrogens is 1. The summed E-state index contributed by atoms with van der Waals surface area (Å²) in [5.41, 5.74) is 8.79. The molecule has 0 unspecified atom stereocenters. The maximum Gasteiger partial charge on any atom is 0.292 e. The third-order valence-corrected chi connectivity index (χ3v) is 3.02. The number of rotatable bonds is 4. The van der Waals surface area contributed by atoms with Gasteiger partial charge < -0.3 is 14.9 Å². The van der Waals surface area contributed by atoms with E-state index in [0.29, 0.717) is 6.42 Å². The number of oxazole rings is 1. The van der Waals surface area contributed by atoms with Gasteiger partial charge in [-0.25, -0.2) is 0 Å². The van der Waals surface area contributed by atoms with Gasteiger partial charge in [0.25, 0.3) is 6.01 Å². The molecule has 2 N–H and O–H groups in total. The van der Waals surface area contributed by atoms with Crippen molar-refractivity contribution in [2.75, 3.05) is 12.8 Å². The summed E-state index contributed by atoms with van der Waals surface area (Å²) in [4.78, 5) is 4.19. The van der Waals surface area contributed by atoms with E-state index in [1.165, 1.54) is 5.56 Å². The largest absolute Gasteiger partial charge is 0.496 e. The van der Waals surface area contributed by atoms with Crippen LogP contribution in [0.5, 0.6) is 5.75 Å². The number of benzene rings is 1. The van der Waals surface area contributed by atoms with Crippen molar-refractivity contribution in [2.45, 2.75) is 26.7 Å². The Labute approximate surface area is 107 Å². The average molecular weight is 246 g/mol. The van der Waals surface area contributed by atoms with Crippen molar-refractivity contribution < 1.29 is 9.15 Å². The van der Waals surface area contributed by atoms with Gasteiger partial charge in [-0.2, -0.15) is 4.98 Å².